The molecule has 1 unspecified atom stereocenters. The Morgan fingerprint density at radius 2 is 1.70 bits per heavy atom. The highest BCUT2D eigenvalue weighted by molar-refractivity contribution is 6.42. The molecule has 0 saturated carbocycles. The van der Waals surface area contributed by atoms with Crippen LogP contribution in [0.3, 0.4) is 0 Å². The van der Waals surface area contributed by atoms with Gasteiger partial charge in [0.25, 0.3) is 0 Å². The summed E-state index contributed by atoms with van der Waals surface area (Å²) in [6.45, 7) is 0. The van der Waals surface area contributed by atoms with Crippen molar-refractivity contribution >= 4 is 29.2 Å². The summed E-state index contributed by atoms with van der Waals surface area (Å²) in [7, 11) is 0. The van der Waals surface area contributed by atoms with Crippen LogP contribution < -0.4 is 0 Å². The zero-order valence-corrected chi connectivity index (χ0v) is 12.2. The maximum absolute atomic E-state index is 11.4. The van der Waals surface area contributed by atoms with E-state index in [9.17, 15) is 9.90 Å². The number of carboxylic acids is 1. The monoisotopic (exact) mass is 308 g/mol. The Morgan fingerprint density at radius 1 is 1.00 bits per heavy atom. The Kier molecular flexibility index (Phi) is 5.05. The number of carboxylic acid groups (broad SMARTS) is 1. The Labute approximate surface area is 128 Å². The second kappa shape index (κ2) is 6.78. The van der Waals surface area contributed by atoms with Crippen LogP contribution in [0.25, 0.3) is 0 Å². The molecule has 2 rings (SSSR count). The molecule has 0 aliphatic heterocycles. The molecule has 2 aromatic carbocycles. The summed E-state index contributed by atoms with van der Waals surface area (Å²) in [5, 5.41) is 10.3. The van der Waals surface area contributed by atoms with E-state index in [-0.39, 0.29) is 0 Å². The molecule has 0 radical (unpaired) electrons. The van der Waals surface area contributed by atoms with Gasteiger partial charge in [-0.25, -0.2) is 0 Å². The molecular formula is C16H14Cl2O2. The molecule has 0 aliphatic carbocycles. The van der Waals surface area contributed by atoms with Gasteiger partial charge in [-0.1, -0.05) is 65.7 Å². The van der Waals surface area contributed by atoms with Gasteiger partial charge in [0.15, 0.2) is 0 Å². The lowest BCUT2D eigenvalue weighted by atomic mass is 9.92. The van der Waals surface area contributed by atoms with Crippen LogP contribution in [0.1, 0.15) is 11.1 Å². The molecule has 0 fully saturated rings. The van der Waals surface area contributed by atoms with Crippen molar-refractivity contribution in [1.82, 2.24) is 0 Å². The number of carbonyl (C=O) groups is 1. The molecule has 1 N–H and O–H groups in total. The summed E-state index contributed by atoms with van der Waals surface area (Å²) in [5.41, 5.74) is 1.76. The van der Waals surface area contributed by atoms with E-state index in [1.54, 1.807) is 12.1 Å². The van der Waals surface area contributed by atoms with E-state index in [0.29, 0.717) is 22.9 Å². The van der Waals surface area contributed by atoms with Crippen molar-refractivity contribution in [3.05, 3.63) is 69.7 Å². The lowest BCUT2D eigenvalue weighted by molar-refractivity contribution is -0.141. The third-order valence-corrected chi connectivity index (χ3v) is 4.03. The fraction of sp³-hybridized carbons (Fsp3) is 0.188. The van der Waals surface area contributed by atoms with Crippen LogP contribution in [0, 0.1) is 5.92 Å². The number of hydrogen-bond acceptors (Lipinski definition) is 1. The summed E-state index contributed by atoms with van der Waals surface area (Å²) >= 11 is 12.1. The Bertz CT molecular complexity index is 597. The molecule has 0 aromatic heterocycles. The van der Waals surface area contributed by atoms with Crippen LogP contribution >= 0.6 is 23.2 Å². The van der Waals surface area contributed by atoms with Crippen LogP contribution in [0.15, 0.2) is 48.5 Å². The van der Waals surface area contributed by atoms with Crippen LogP contribution in [-0.4, -0.2) is 11.1 Å². The first-order valence-corrected chi connectivity index (χ1v) is 7.03. The molecule has 0 saturated heterocycles. The molecule has 2 nitrogen and oxygen atoms in total. The smallest absolute Gasteiger partial charge is 0.307 e. The van der Waals surface area contributed by atoms with E-state index >= 15 is 0 Å². The quantitative estimate of drug-likeness (QED) is 0.884. The SMILES string of the molecule is O=C(O)C(Cc1ccccc1)Cc1cccc(Cl)c1Cl. The molecule has 1 atom stereocenters. The maximum Gasteiger partial charge on any atom is 0.307 e. The Balaban J connectivity index is 2.18. The summed E-state index contributed by atoms with van der Waals surface area (Å²) in [6, 6.07) is 14.9. The van der Waals surface area contributed by atoms with Crippen molar-refractivity contribution < 1.29 is 9.90 Å². The number of hydrogen-bond donors (Lipinski definition) is 1. The van der Waals surface area contributed by atoms with Gasteiger partial charge in [-0.3, -0.25) is 4.79 Å². The van der Waals surface area contributed by atoms with Gasteiger partial charge in [0.1, 0.15) is 0 Å². The predicted molar refractivity (Wildman–Crippen MR) is 81.4 cm³/mol. The zero-order chi connectivity index (χ0) is 14.5. The normalized spacial score (nSPS) is 12.1. The Morgan fingerprint density at radius 3 is 2.35 bits per heavy atom. The predicted octanol–water partition coefficient (Wildman–Crippen LogP) is 4.48. The minimum Gasteiger partial charge on any atom is -0.481 e. The first kappa shape index (κ1) is 14.9. The van der Waals surface area contributed by atoms with E-state index in [0.717, 1.165) is 11.1 Å². The van der Waals surface area contributed by atoms with Gasteiger partial charge in [0.05, 0.1) is 16.0 Å². The fourth-order valence-electron chi connectivity index (χ4n) is 2.12. The van der Waals surface area contributed by atoms with Gasteiger partial charge in [-0.15, -0.1) is 0 Å². The van der Waals surface area contributed by atoms with Crippen LogP contribution in [0.2, 0.25) is 10.0 Å². The standard InChI is InChI=1S/C16H14Cl2O2/c17-14-8-4-7-12(15(14)18)10-13(16(19)20)9-11-5-2-1-3-6-11/h1-8,13H,9-10H2,(H,19,20). The highest BCUT2D eigenvalue weighted by Crippen LogP contribution is 2.28. The third-order valence-electron chi connectivity index (χ3n) is 3.17. The summed E-state index contributed by atoms with van der Waals surface area (Å²) < 4.78 is 0. The van der Waals surface area contributed by atoms with Gasteiger partial charge >= 0.3 is 5.97 Å². The summed E-state index contributed by atoms with van der Waals surface area (Å²) in [4.78, 5) is 11.4. The van der Waals surface area contributed by atoms with Crippen molar-refractivity contribution in [1.29, 1.82) is 0 Å². The lowest BCUT2D eigenvalue weighted by Crippen LogP contribution is -2.19. The summed E-state index contributed by atoms with van der Waals surface area (Å²) in [5.74, 6) is -1.35. The summed E-state index contributed by atoms with van der Waals surface area (Å²) in [6.07, 6.45) is 0.836. The molecule has 2 aromatic rings. The van der Waals surface area contributed by atoms with Crippen molar-refractivity contribution in [2.24, 2.45) is 5.92 Å². The number of benzene rings is 2. The molecule has 104 valence electrons. The number of rotatable bonds is 5. The van der Waals surface area contributed by atoms with Crippen LogP contribution in [0.5, 0.6) is 0 Å². The minimum absolute atomic E-state index is 0.365. The zero-order valence-electron chi connectivity index (χ0n) is 10.7. The molecule has 0 amide bonds. The van der Waals surface area contributed by atoms with Gasteiger partial charge in [-0.05, 0) is 30.0 Å². The van der Waals surface area contributed by atoms with Gasteiger partial charge in [0.2, 0.25) is 0 Å². The first-order chi connectivity index (χ1) is 9.58. The lowest BCUT2D eigenvalue weighted by Gasteiger charge is -2.14. The van der Waals surface area contributed by atoms with E-state index in [2.05, 4.69) is 0 Å². The van der Waals surface area contributed by atoms with Gasteiger partial charge < -0.3 is 5.11 Å². The first-order valence-electron chi connectivity index (χ1n) is 6.27. The number of aliphatic carboxylic acids is 1. The minimum atomic E-state index is -0.829. The fourth-order valence-corrected chi connectivity index (χ4v) is 2.51. The molecule has 20 heavy (non-hydrogen) atoms. The highest BCUT2D eigenvalue weighted by Gasteiger charge is 2.20. The molecule has 0 heterocycles. The third kappa shape index (κ3) is 3.75. The van der Waals surface area contributed by atoms with E-state index < -0.39 is 11.9 Å². The second-order valence-electron chi connectivity index (χ2n) is 4.64. The van der Waals surface area contributed by atoms with Crippen LogP contribution in [0.4, 0.5) is 0 Å². The molecular weight excluding hydrogens is 295 g/mol. The highest BCUT2D eigenvalue weighted by atomic mass is 35.5. The maximum atomic E-state index is 11.4. The van der Waals surface area contributed by atoms with Crippen molar-refractivity contribution in [2.45, 2.75) is 12.8 Å². The molecule has 0 aliphatic rings. The number of halogens is 2. The van der Waals surface area contributed by atoms with E-state index in [1.165, 1.54) is 0 Å². The molecule has 4 heteroatoms. The van der Waals surface area contributed by atoms with Crippen LogP contribution in [-0.2, 0) is 17.6 Å². The average Bonchev–Trinajstić information content (AvgIpc) is 2.44. The average molecular weight is 309 g/mol. The van der Waals surface area contributed by atoms with Crippen molar-refractivity contribution in [3.8, 4) is 0 Å². The largest absolute Gasteiger partial charge is 0.481 e. The van der Waals surface area contributed by atoms with Crippen molar-refractivity contribution in [3.63, 3.8) is 0 Å². The van der Waals surface area contributed by atoms with Gasteiger partial charge in [-0.2, -0.15) is 0 Å². The topological polar surface area (TPSA) is 37.3 Å². The second-order valence-corrected chi connectivity index (χ2v) is 5.43. The van der Waals surface area contributed by atoms with E-state index in [1.807, 2.05) is 36.4 Å². The van der Waals surface area contributed by atoms with Gasteiger partial charge in [0, 0.05) is 0 Å². The Hall–Kier alpha value is -1.51. The molecule has 0 bridgehead atoms. The molecule has 0 spiro atoms. The van der Waals surface area contributed by atoms with Crippen molar-refractivity contribution in [2.75, 3.05) is 0 Å². The van der Waals surface area contributed by atoms with E-state index in [4.69, 9.17) is 23.2 Å².